The Balaban J connectivity index is 1.51. The highest BCUT2D eigenvalue weighted by Gasteiger charge is 2.07. The highest BCUT2D eigenvalue weighted by Crippen LogP contribution is 2.08. The molecule has 0 unspecified atom stereocenters. The summed E-state index contributed by atoms with van der Waals surface area (Å²) in [5.74, 6) is -0.00893. The monoisotopic (exact) mass is 300 g/mol. The quantitative estimate of drug-likeness (QED) is 0.784. The smallest absolute Gasteiger partial charge is 0.226 e. The summed E-state index contributed by atoms with van der Waals surface area (Å²) in [5.41, 5.74) is 2.67. The second kappa shape index (κ2) is 6.05. The predicted octanol–water partition coefficient (Wildman–Crippen LogP) is 2.00. The van der Waals surface area contributed by atoms with Crippen molar-refractivity contribution in [1.82, 2.24) is 19.7 Å². The van der Waals surface area contributed by atoms with E-state index in [9.17, 15) is 4.79 Å². The van der Waals surface area contributed by atoms with Crippen LogP contribution < -0.4 is 5.32 Å². The zero-order valence-corrected chi connectivity index (χ0v) is 12.6. The Morgan fingerprint density at radius 2 is 2.24 bits per heavy atom. The van der Waals surface area contributed by atoms with Crippen molar-refractivity contribution in [2.24, 2.45) is 0 Å². The van der Waals surface area contributed by atoms with Gasteiger partial charge < -0.3 is 9.72 Å². The van der Waals surface area contributed by atoms with E-state index < -0.39 is 0 Å². The molecular weight excluding hydrogens is 284 g/mol. The standard InChI is InChI=1S/C15H16N4OS/c1-11-17-12(10-21-11)5-6-16-15(20)8-13-9-19-7-3-2-4-14(19)18-13/h2-4,7,9-10H,5-6,8H2,1H3,(H,16,20). The lowest BCUT2D eigenvalue weighted by atomic mass is 10.3. The van der Waals surface area contributed by atoms with Crippen LogP contribution in [0, 0.1) is 6.92 Å². The summed E-state index contributed by atoms with van der Waals surface area (Å²) in [6.07, 6.45) is 4.88. The van der Waals surface area contributed by atoms with Crippen LogP contribution in [-0.4, -0.2) is 26.8 Å². The molecule has 0 aromatic carbocycles. The number of imidazole rings is 1. The lowest BCUT2D eigenvalue weighted by Gasteiger charge is -2.02. The molecule has 3 aromatic rings. The molecule has 0 atom stereocenters. The maximum Gasteiger partial charge on any atom is 0.226 e. The number of aromatic nitrogens is 3. The van der Waals surface area contributed by atoms with E-state index in [1.807, 2.05) is 47.3 Å². The molecule has 0 fully saturated rings. The summed E-state index contributed by atoms with van der Waals surface area (Å²) < 4.78 is 1.92. The minimum atomic E-state index is -0.00893. The van der Waals surface area contributed by atoms with Crippen molar-refractivity contribution < 1.29 is 4.79 Å². The summed E-state index contributed by atoms with van der Waals surface area (Å²) in [6, 6.07) is 5.79. The first kappa shape index (κ1) is 13.8. The first-order chi connectivity index (χ1) is 10.2. The summed E-state index contributed by atoms with van der Waals surface area (Å²) in [5, 5.41) is 6.00. The molecule has 3 heterocycles. The zero-order valence-electron chi connectivity index (χ0n) is 11.7. The van der Waals surface area contributed by atoms with Crippen molar-refractivity contribution in [3.63, 3.8) is 0 Å². The number of hydrogen-bond acceptors (Lipinski definition) is 4. The minimum Gasteiger partial charge on any atom is -0.355 e. The van der Waals surface area contributed by atoms with E-state index >= 15 is 0 Å². The van der Waals surface area contributed by atoms with Gasteiger partial charge in [-0.15, -0.1) is 11.3 Å². The van der Waals surface area contributed by atoms with Gasteiger partial charge in [-0.3, -0.25) is 4.79 Å². The number of pyridine rings is 1. The Hall–Kier alpha value is -2.21. The van der Waals surface area contributed by atoms with Gasteiger partial charge in [-0.05, 0) is 19.1 Å². The molecule has 0 aliphatic rings. The molecule has 3 aromatic heterocycles. The minimum absolute atomic E-state index is 0.00893. The van der Waals surface area contributed by atoms with Crippen LogP contribution in [-0.2, 0) is 17.6 Å². The fourth-order valence-corrected chi connectivity index (χ4v) is 2.80. The summed E-state index contributed by atoms with van der Waals surface area (Å²) >= 11 is 1.63. The van der Waals surface area contributed by atoms with Crippen LogP contribution in [0.25, 0.3) is 5.65 Å². The fourth-order valence-electron chi connectivity index (χ4n) is 2.15. The van der Waals surface area contributed by atoms with E-state index in [0.29, 0.717) is 13.0 Å². The van der Waals surface area contributed by atoms with Crippen LogP contribution in [0.2, 0.25) is 0 Å². The summed E-state index contributed by atoms with van der Waals surface area (Å²) in [6.45, 7) is 2.59. The van der Waals surface area contributed by atoms with E-state index in [4.69, 9.17) is 0 Å². The first-order valence-electron chi connectivity index (χ1n) is 6.81. The fraction of sp³-hybridized carbons (Fsp3) is 0.267. The Kier molecular flexibility index (Phi) is 3.96. The summed E-state index contributed by atoms with van der Waals surface area (Å²) in [4.78, 5) is 20.7. The molecule has 0 aliphatic carbocycles. The molecular formula is C15H16N4OS. The van der Waals surface area contributed by atoms with Crippen LogP contribution in [0.3, 0.4) is 0 Å². The van der Waals surface area contributed by atoms with Gasteiger partial charge in [0.25, 0.3) is 0 Å². The second-order valence-corrected chi connectivity index (χ2v) is 5.90. The number of amides is 1. The van der Waals surface area contributed by atoms with Crippen LogP contribution in [0.4, 0.5) is 0 Å². The van der Waals surface area contributed by atoms with Crippen LogP contribution in [0.5, 0.6) is 0 Å². The highest BCUT2D eigenvalue weighted by molar-refractivity contribution is 7.09. The third-order valence-electron chi connectivity index (χ3n) is 3.13. The molecule has 5 nitrogen and oxygen atoms in total. The van der Waals surface area contributed by atoms with Gasteiger partial charge in [0.15, 0.2) is 0 Å². The van der Waals surface area contributed by atoms with Gasteiger partial charge >= 0.3 is 0 Å². The average Bonchev–Trinajstić information content (AvgIpc) is 3.04. The van der Waals surface area contributed by atoms with Crippen molar-refractivity contribution in [3.05, 3.63) is 52.4 Å². The van der Waals surface area contributed by atoms with Crippen LogP contribution in [0.15, 0.2) is 36.0 Å². The van der Waals surface area contributed by atoms with Gasteiger partial charge in [0, 0.05) is 30.7 Å². The van der Waals surface area contributed by atoms with E-state index in [1.54, 1.807) is 11.3 Å². The number of aryl methyl sites for hydroxylation is 1. The van der Waals surface area contributed by atoms with E-state index in [2.05, 4.69) is 15.3 Å². The van der Waals surface area contributed by atoms with Crippen molar-refractivity contribution in [2.45, 2.75) is 19.8 Å². The molecule has 108 valence electrons. The van der Waals surface area contributed by atoms with Gasteiger partial charge in [-0.1, -0.05) is 6.07 Å². The predicted molar refractivity (Wildman–Crippen MR) is 82.5 cm³/mol. The molecule has 0 saturated heterocycles. The Labute approximate surface area is 126 Å². The van der Waals surface area contributed by atoms with E-state index in [-0.39, 0.29) is 5.91 Å². The maximum atomic E-state index is 11.9. The lowest BCUT2D eigenvalue weighted by molar-refractivity contribution is -0.120. The third kappa shape index (κ3) is 3.46. The maximum absolute atomic E-state index is 11.9. The molecule has 1 N–H and O–H groups in total. The lowest BCUT2D eigenvalue weighted by Crippen LogP contribution is -2.27. The van der Waals surface area contributed by atoms with Crippen molar-refractivity contribution in [2.75, 3.05) is 6.54 Å². The highest BCUT2D eigenvalue weighted by atomic mass is 32.1. The third-order valence-corrected chi connectivity index (χ3v) is 3.95. The largest absolute Gasteiger partial charge is 0.355 e. The molecule has 0 bridgehead atoms. The number of carbonyl (C=O) groups excluding carboxylic acids is 1. The van der Waals surface area contributed by atoms with Crippen molar-refractivity contribution in [1.29, 1.82) is 0 Å². The van der Waals surface area contributed by atoms with Crippen molar-refractivity contribution >= 4 is 22.9 Å². The van der Waals surface area contributed by atoms with Gasteiger partial charge in [0.2, 0.25) is 5.91 Å². The second-order valence-electron chi connectivity index (χ2n) is 4.83. The molecule has 3 rings (SSSR count). The Morgan fingerprint density at radius 3 is 3.00 bits per heavy atom. The topological polar surface area (TPSA) is 59.3 Å². The number of carbonyl (C=O) groups is 1. The van der Waals surface area contributed by atoms with Crippen molar-refractivity contribution in [3.8, 4) is 0 Å². The van der Waals surface area contributed by atoms with E-state index in [0.717, 1.165) is 28.5 Å². The van der Waals surface area contributed by atoms with Crippen LogP contribution in [0.1, 0.15) is 16.4 Å². The normalized spacial score (nSPS) is 10.9. The molecule has 0 radical (unpaired) electrons. The number of nitrogens with zero attached hydrogens (tertiary/aromatic N) is 3. The van der Waals surface area contributed by atoms with Gasteiger partial charge in [-0.25, -0.2) is 9.97 Å². The Morgan fingerprint density at radius 1 is 1.33 bits per heavy atom. The number of hydrogen-bond donors (Lipinski definition) is 1. The zero-order chi connectivity index (χ0) is 14.7. The number of thiazole rings is 1. The van der Waals surface area contributed by atoms with Gasteiger partial charge in [0.05, 0.1) is 22.8 Å². The number of rotatable bonds is 5. The molecule has 21 heavy (non-hydrogen) atoms. The molecule has 6 heteroatoms. The Bertz CT molecular complexity index is 729. The summed E-state index contributed by atoms with van der Waals surface area (Å²) in [7, 11) is 0. The molecule has 0 aliphatic heterocycles. The molecule has 0 spiro atoms. The van der Waals surface area contributed by atoms with Gasteiger partial charge in [-0.2, -0.15) is 0 Å². The molecule has 0 saturated carbocycles. The average molecular weight is 300 g/mol. The molecule has 1 amide bonds. The van der Waals surface area contributed by atoms with E-state index in [1.165, 1.54) is 0 Å². The number of fused-ring (bicyclic) bond motifs is 1. The first-order valence-corrected chi connectivity index (χ1v) is 7.69. The number of nitrogens with one attached hydrogen (secondary N) is 1. The SMILES string of the molecule is Cc1nc(CCNC(=O)Cc2cn3ccccc3n2)cs1. The van der Waals surface area contributed by atoms with Crippen LogP contribution >= 0.6 is 11.3 Å². The van der Waals surface area contributed by atoms with Gasteiger partial charge in [0.1, 0.15) is 5.65 Å².